The first kappa shape index (κ1) is 23.3. The predicted molar refractivity (Wildman–Crippen MR) is 131 cm³/mol. The summed E-state index contributed by atoms with van der Waals surface area (Å²) in [5, 5.41) is 6.36. The number of nitrogen functional groups attached to an aromatic ring is 1. The van der Waals surface area contributed by atoms with Crippen LogP contribution in [0.5, 0.6) is 0 Å². The van der Waals surface area contributed by atoms with Gasteiger partial charge in [0.1, 0.15) is 5.60 Å². The van der Waals surface area contributed by atoms with E-state index in [0.717, 1.165) is 40.8 Å². The number of rotatable bonds is 4. The molecule has 8 nitrogen and oxygen atoms in total. The smallest absolute Gasteiger partial charge is 0.410 e. The van der Waals surface area contributed by atoms with Crippen LogP contribution in [0.2, 0.25) is 0 Å². The van der Waals surface area contributed by atoms with Crippen LogP contribution in [-0.4, -0.2) is 66.7 Å². The lowest BCUT2D eigenvalue weighted by molar-refractivity contribution is 0.0147. The maximum absolute atomic E-state index is 12.8. The van der Waals surface area contributed by atoms with Gasteiger partial charge in [-0.25, -0.2) is 4.79 Å². The van der Waals surface area contributed by atoms with Gasteiger partial charge in [0.2, 0.25) is 0 Å². The molecule has 2 aliphatic heterocycles. The molecule has 0 bridgehead atoms. The highest BCUT2D eigenvalue weighted by atomic mass is 32.2. The lowest BCUT2D eigenvalue weighted by atomic mass is 10.1. The van der Waals surface area contributed by atoms with Gasteiger partial charge in [-0.2, -0.15) is 0 Å². The van der Waals surface area contributed by atoms with Gasteiger partial charge >= 0.3 is 6.09 Å². The van der Waals surface area contributed by atoms with Gasteiger partial charge in [-0.1, -0.05) is 23.9 Å². The second kappa shape index (κ2) is 9.52. The summed E-state index contributed by atoms with van der Waals surface area (Å²) in [6, 6.07) is 11.6. The van der Waals surface area contributed by atoms with E-state index < -0.39 is 5.60 Å². The van der Waals surface area contributed by atoms with E-state index in [-0.39, 0.29) is 12.0 Å². The number of nitrogens with two attached hydrogens (primary N) is 1. The van der Waals surface area contributed by atoms with Gasteiger partial charge in [0, 0.05) is 54.6 Å². The molecule has 33 heavy (non-hydrogen) atoms. The number of piperazine rings is 1. The third-order valence-electron chi connectivity index (χ3n) is 5.50. The Morgan fingerprint density at radius 1 is 1.12 bits per heavy atom. The maximum Gasteiger partial charge on any atom is 0.410 e. The van der Waals surface area contributed by atoms with Crippen LogP contribution in [0.4, 0.5) is 21.9 Å². The minimum absolute atomic E-state index is 0.142. The van der Waals surface area contributed by atoms with Crippen LogP contribution in [0, 0.1) is 0 Å². The lowest BCUT2D eigenvalue weighted by Gasteiger charge is -2.35. The Morgan fingerprint density at radius 2 is 1.85 bits per heavy atom. The molecular weight excluding hydrogens is 438 g/mol. The number of hydrogen-bond donors (Lipinski definition) is 3. The topological polar surface area (TPSA) is 99.9 Å². The molecule has 4 rings (SSSR count). The second-order valence-electron chi connectivity index (χ2n) is 9.23. The number of benzene rings is 2. The van der Waals surface area contributed by atoms with Crippen molar-refractivity contribution < 1.29 is 14.3 Å². The molecule has 0 aliphatic carbocycles. The third-order valence-corrected chi connectivity index (χ3v) is 6.62. The maximum atomic E-state index is 12.8. The minimum atomic E-state index is -0.490. The van der Waals surface area contributed by atoms with E-state index in [1.165, 1.54) is 0 Å². The Morgan fingerprint density at radius 3 is 2.58 bits per heavy atom. The molecule has 2 amide bonds. The number of nitrogens with one attached hydrogen (secondary N) is 2. The Bertz CT molecular complexity index is 1040. The number of amides is 2. The Balaban J connectivity index is 1.27. The largest absolute Gasteiger partial charge is 0.444 e. The van der Waals surface area contributed by atoms with Crippen molar-refractivity contribution in [3.63, 3.8) is 0 Å². The van der Waals surface area contributed by atoms with Crippen LogP contribution < -0.4 is 16.4 Å². The van der Waals surface area contributed by atoms with Gasteiger partial charge in [-0.3, -0.25) is 9.69 Å². The van der Waals surface area contributed by atoms with Crippen LogP contribution in [-0.2, 0) is 4.74 Å². The molecule has 2 aliphatic rings. The van der Waals surface area contributed by atoms with E-state index in [9.17, 15) is 9.59 Å². The molecule has 176 valence electrons. The molecule has 0 radical (unpaired) electrons. The Labute approximate surface area is 198 Å². The van der Waals surface area contributed by atoms with Gasteiger partial charge in [-0.05, 0) is 45.0 Å². The molecule has 0 spiro atoms. The first-order valence-corrected chi connectivity index (χ1v) is 12.0. The van der Waals surface area contributed by atoms with Crippen molar-refractivity contribution in [2.75, 3.05) is 50.3 Å². The van der Waals surface area contributed by atoms with Gasteiger partial charge in [-0.15, -0.1) is 0 Å². The molecule has 4 N–H and O–H groups in total. The second-order valence-corrected chi connectivity index (χ2v) is 10.3. The van der Waals surface area contributed by atoms with E-state index in [1.807, 2.05) is 51.1 Å². The summed E-state index contributed by atoms with van der Waals surface area (Å²) in [6.45, 7) is 9.60. The van der Waals surface area contributed by atoms with E-state index >= 15 is 0 Å². The van der Waals surface area contributed by atoms with Gasteiger partial charge in [0.15, 0.2) is 0 Å². The minimum Gasteiger partial charge on any atom is -0.444 e. The monoisotopic (exact) mass is 469 g/mol. The highest BCUT2D eigenvalue weighted by molar-refractivity contribution is 7.99. The summed E-state index contributed by atoms with van der Waals surface area (Å²) >= 11 is 1.61. The molecule has 9 heteroatoms. The molecule has 0 aromatic heterocycles. The number of hydrogen-bond acceptors (Lipinski definition) is 7. The van der Waals surface area contributed by atoms with E-state index in [4.69, 9.17) is 10.5 Å². The van der Waals surface area contributed by atoms with Crippen LogP contribution in [0.3, 0.4) is 0 Å². The van der Waals surface area contributed by atoms with E-state index in [2.05, 4.69) is 15.5 Å². The Kier molecular flexibility index (Phi) is 6.71. The zero-order valence-electron chi connectivity index (χ0n) is 19.3. The number of anilines is 3. The summed E-state index contributed by atoms with van der Waals surface area (Å²) in [6.07, 6.45) is -0.268. The first-order chi connectivity index (χ1) is 15.7. The van der Waals surface area contributed by atoms with Crippen molar-refractivity contribution in [1.82, 2.24) is 15.1 Å². The SMILES string of the molecule is CC(C)(C)OC(=O)N1CCN(CCNC(=O)c2cc(N)c3c(c2)Sc2ccccc2N3)CC1. The number of nitrogens with zero attached hydrogens (tertiary/aromatic N) is 2. The standard InChI is InChI=1S/C24H31N5O3S/c1-24(2,3)32-23(31)29-12-10-28(11-13-29)9-8-26-22(30)16-14-17(25)21-20(15-16)33-19-7-5-4-6-18(19)27-21/h4-7,14-15,27H,8-13,25H2,1-3H3,(H,26,30). The van der Waals surface area contributed by atoms with Crippen LogP contribution in [0.25, 0.3) is 0 Å². The fraction of sp³-hybridized carbons (Fsp3) is 0.417. The molecule has 0 saturated carbocycles. The average Bonchev–Trinajstić information content (AvgIpc) is 2.77. The summed E-state index contributed by atoms with van der Waals surface area (Å²) < 4.78 is 5.44. The van der Waals surface area contributed by atoms with Crippen LogP contribution in [0.15, 0.2) is 46.2 Å². The molecular formula is C24H31N5O3S. The third kappa shape index (κ3) is 5.72. The number of fused-ring (bicyclic) bond motifs is 2. The quantitative estimate of drug-likeness (QED) is 0.500. The summed E-state index contributed by atoms with van der Waals surface area (Å²) in [4.78, 5) is 31.0. The van der Waals surface area contributed by atoms with Crippen molar-refractivity contribution >= 4 is 40.8 Å². The molecule has 1 fully saturated rings. The molecule has 2 heterocycles. The molecule has 1 saturated heterocycles. The fourth-order valence-corrected chi connectivity index (χ4v) is 4.87. The normalized spacial score (nSPS) is 15.8. The van der Waals surface area contributed by atoms with Gasteiger partial charge in [0.05, 0.1) is 17.1 Å². The highest BCUT2D eigenvalue weighted by Crippen LogP contribution is 2.46. The van der Waals surface area contributed by atoms with Crippen molar-refractivity contribution in [2.24, 2.45) is 0 Å². The van der Waals surface area contributed by atoms with Crippen molar-refractivity contribution in [1.29, 1.82) is 0 Å². The number of ether oxygens (including phenoxy) is 1. The Hall–Kier alpha value is -2.91. The first-order valence-electron chi connectivity index (χ1n) is 11.2. The van der Waals surface area contributed by atoms with Crippen molar-refractivity contribution in [3.05, 3.63) is 42.0 Å². The van der Waals surface area contributed by atoms with Gasteiger partial charge in [0.25, 0.3) is 5.91 Å². The summed E-state index contributed by atoms with van der Waals surface area (Å²) in [7, 11) is 0. The van der Waals surface area contributed by atoms with Crippen molar-refractivity contribution in [3.8, 4) is 0 Å². The van der Waals surface area contributed by atoms with Crippen LogP contribution in [0.1, 0.15) is 31.1 Å². The molecule has 0 unspecified atom stereocenters. The number of para-hydroxylation sites is 1. The van der Waals surface area contributed by atoms with E-state index in [1.54, 1.807) is 22.7 Å². The van der Waals surface area contributed by atoms with Gasteiger partial charge < -0.3 is 26.0 Å². The highest BCUT2D eigenvalue weighted by Gasteiger charge is 2.26. The van der Waals surface area contributed by atoms with Crippen molar-refractivity contribution in [2.45, 2.75) is 36.2 Å². The molecule has 2 aromatic rings. The average molecular weight is 470 g/mol. The fourth-order valence-electron chi connectivity index (χ4n) is 3.80. The molecule has 2 aromatic carbocycles. The van der Waals surface area contributed by atoms with E-state index in [0.29, 0.717) is 30.9 Å². The molecule has 0 atom stereocenters. The summed E-state index contributed by atoms with van der Waals surface area (Å²) in [5.41, 5.74) is 8.73. The zero-order chi connectivity index (χ0) is 23.6. The number of carbonyl (C=O) groups excluding carboxylic acids is 2. The predicted octanol–water partition coefficient (Wildman–Crippen LogP) is 3.76. The lowest BCUT2D eigenvalue weighted by Crippen LogP contribution is -2.51. The zero-order valence-corrected chi connectivity index (χ0v) is 20.1. The number of carbonyl (C=O) groups is 2. The summed E-state index contributed by atoms with van der Waals surface area (Å²) in [5.74, 6) is -0.142. The van der Waals surface area contributed by atoms with Crippen LogP contribution >= 0.6 is 11.8 Å².